The summed E-state index contributed by atoms with van der Waals surface area (Å²) in [5.41, 5.74) is 0.838. The first-order chi connectivity index (χ1) is 15.5. The molecule has 3 aromatic heterocycles. The van der Waals surface area contributed by atoms with Crippen LogP contribution < -0.4 is 10.2 Å². The molecule has 10 heteroatoms. The Bertz CT molecular complexity index is 1120. The average molecular weight is 440 g/mol. The number of hydrogen-bond donors (Lipinski definition) is 4. The van der Waals surface area contributed by atoms with Gasteiger partial charge in [-0.3, -0.25) is 9.78 Å². The van der Waals surface area contributed by atoms with Gasteiger partial charge in [0, 0.05) is 25.2 Å². The molecule has 1 aliphatic carbocycles. The van der Waals surface area contributed by atoms with Crippen molar-refractivity contribution in [2.45, 2.75) is 31.4 Å². The van der Waals surface area contributed by atoms with Crippen LogP contribution in [0.5, 0.6) is 0 Å². The lowest BCUT2D eigenvalue weighted by atomic mass is 9.81. The van der Waals surface area contributed by atoms with Gasteiger partial charge in [-0.25, -0.2) is 14.4 Å². The molecule has 0 radical (unpaired) electrons. The molecule has 4 N–H and O–H groups in total. The van der Waals surface area contributed by atoms with E-state index in [1.54, 1.807) is 6.33 Å². The largest absolute Gasteiger partial charge is 0.394 e. The number of fused-ring (bicyclic) bond motifs is 1. The second kappa shape index (κ2) is 8.10. The number of nitrogens with one attached hydrogen (secondary N) is 2. The van der Waals surface area contributed by atoms with Crippen molar-refractivity contribution in [2.24, 2.45) is 11.3 Å². The highest BCUT2D eigenvalue weighted by atomic mass is 19.1. The van der Waals surface area contributed by atoms with E-state index in [0.717, 1.165) is 35.9 Å². The molecule has 3 aromatic rings. The van der Waals surface area contributed by atoms with Crippen molar-refractivity contribution in [1.29, 1.82) is 0 Å². The van der Waals surface area contributed by atoms with Crippen molar-refractivity contribution < 1.29 is 19.4 Å². The summed E-state index contributed by atoms with van der Waals surface area (Å²) in [6, 6.07) is 3.57. The van der Waals surface area contributed by atoms with Gasteiger partial charge in [0.2, 0.25) is 5.91 Å². The standard InChI is InChI=1S/C22H25FN6O3/c23-13-1-2-16(25-9-13)18(31)17(10-30)28-21(32)15-4-8-29(11-22(15)5-6-22)20-14-3-7-24-19(14)26-12-27-20/h1-3,7,9,12,15,17-18,30-31H,4-6,8,10-11H2,(H,28,32)(H,24,26,27)/t15-,17+,18+/m1/s1. The van der Waals surface area contributed by atoms with Crippen LogP contribution in [0, 0.1) is 17.2 Å². The average Bonchev–Trinajstić information content (AvgIpc) is 3.38. The molecule has 4 heterocycles. The fourth-order valence-electron chi connectivity index (χ4n) is 4.80. The van der Waals surface area contributed by atoms with Crippen LogP contribution in [0.2, 0.25) is 0 Å². The quantitative estimate of drug-likeness (QED) is 0.455. The van der Waals surface area contributed by atoms with E-state index < -0.39 is 24.6 Å². The maximum absolute atomic E-state index is 13.2. The number of hydrogen-bond acceptors (Lipinski definition) is 7. The number of nitrogens with zero attached hydrogens (tertiary/aromatic N) is 4. The molecule has 0 bridgehead atoms. The van der Waals surface area contributed by atoms with Crippen LogP contribution in [0.15, 0.2) is 36.9 Å². The molecule has 0 aromatic carbocycles. The van der Waals surface area contributed by atoms with Crippen molar-refractivity contribution in [2.75, 3.05) is 24.6 Å². The van der Waals surface area contributed by atoms with Gasteiger partial charge in [0.1, 0.15) is 29.7 Å². The molecule has 1 aliphatic heterocycles. The summed E-state index contributed by atoms with van der Waals surface area (Å²) >= 11 is 0. The Labute approximate surface area is 183 Å². The summed E-state index contributed by atoms with van der Waals surface area (Å²) in [6.07, 6.45) is 5.67. The molecule has 5 rings (SSSR count). The molecule has 1 saturated heterocycles. The number of amides is 1. The number of carbonyl (C=O) groups is 1. The minimum absolute atomic E-state index is 0.144. The number of halogens is 1. The molecular formula is C22H25FN6O3. The lowest BCUT2D eigenvalue weighted by Gasteiger charge is -2.39. The summed E-state index contributed by atoms with van der Waals surface area (Å²) in [7, 11) is 0. The maximum Gasteiger partial charge on any atom is 0.224 e. The number of aromatic nitrogens is 4. The molecule has 32 heavy (non-hydrogen) atoms. The fourth-order valence-corrected chi connectivity index (χ4v) is 4.80. The predicted molar refractivity (Wildman–Crippen MR) is 114 cm³/mol. The Balaban J connectivity index is 1.29. The van der Waals surface area contributed by atoms with Crippen LogP contribution in [-0.4, -0.2) is 61.8 Å². The highest BCUT2D eigenvalue weighted by Crippen LogP contribution is 2.56. The number of pyridine rings is 1. The number of aliphatic hydroxyl groups excluding tert-OH is 2. The Hall–Kier alpha value is -3.11. The van der Waals surface area contributed by atoms with E-state index in [1.165, 1.54) is 12.1 Å². The summed E-state index contributed by atoms with van der Waals surface area (Å²) in [4.78, 5) is 31.1. The number of carbonyl (C=O) groups excluding carboxylic acids is 1. The van der Waals surface area contributed by atoms with Gasteiger partial charge in [-0.1, -0.05) is 0 Å². The second-order valence-corrected chi connectivity index (χ2v) is 8.71. The first kappa shape index (κ1) is 20.8. The lowest BCUT2D eigenvalue weighted by Crippen LogP contribution is -2.51. The van der Waals surface area contributed by atoms with Crippen LogP contribution >= 0.6 is 0 Å². The van der Waals surface area contributed by atoms with Crippen LogP contribution in [0.25, 0.3) is 11.0 Å². The number of H-pyrrole nitrogens is 1. The van der Waals surface area contributed by atoms with Crippen LogP contribution in [0.1, 0.15) is 31.1 Å². The van der Waals surface area contributed by atoms with Crippen molar-refractivity contribution in [3.63, 3.8) is 0 Å². The molecule has 3 atom stereocenters. The third-order valence-electron chi connectivity index (χ3n) is 6.73. The first-order valence-corrected chi connectivity index (χ1v) is 10.7. The topological polar surface area (TPSA) is 127 Å². The van der Waals surface area contributed by atoms with E-state index in [9.17, 15) is 19.4 Å². The van der Waals surface area contributed by atoms with E-state index in [0.29, 0.717) is 19.5 Å². The number of rotatable bonds is 6. The lowest BCUT2D eigenvalue weighted by molar-refractivity contribution is -0.130. The number of aromatic amines is 1. The third-order valence-corrected chi connectivity index (χ3v) is 6.73. The van der Waals surface area contributed by atoms with Gasteiger partial charge in [-0.2, -0.15) is 0 Å². The number of anilines is 1. The summed E-state index contributed by atoms with van der Waals surface area (Å²) in [5.74, 6) is -0.0532. The Morgan fingerprint density at radius 2 is 2.16 bits per heavy atom. The minimum atomic E-state index is -1.23. The summed E-state index contributed by atoms with van der Waals surface area (Å²) < 4.78 is 13.1. The van der Waals surface area contributed by atoms with Crippen molar-refractivity contribution in [3.8, 4) is 0 Å². The molecule has 9 nitrogen and oxygen atoms in total. The minimum Gasteiger partial charge on any atom is -0.394 e. The van der Waals surface area contributed by atoms with E-state index in [2.05, 4.69) is 30.2 Å². The molecule has 2 aliphatic rings. The van der Waals surface area contributed by atoms with E-state index in [-0.39, 0.29) is 22.9 Å². The molecular weight excluding hydrogens is 415 g/mol. The molecule has 0 unspecified atom stereocenters. The third kappa shape index (κ3) is 3.69. The van der Waals surface area contributed by atoms with Gasteiger partial charge in [-0.05, 0) is 42.9 Å². The Morgan fingerprint density at radius 1 is 1.31 bits per heavy atom. The molecule has 2 fully saturated rings. The summed E-state index contributed by atoms with van der Waals surface area (Å²) in [5, 5.41) is 24.1. The van der Waals surface area contributed by atoms with Gasteiger partial charge in [0.15, 0.2) is 0 Å². The first-order valence-electron chi connectivity index (χ1n) is 10.7. The zero-order valence-corrected chi connectivity index (χ0v) is 17.4. The van der Waals surface area contributed by atoms with E-state index >= 15 is 0 Å². The van der Waals surface area contributed by atoms with Crippen LogP contribution in [0.4, 0.5) is 10.2 Å². The number of aliphatic hydroxyl groups is 2. The highest BCUT2D eigenvalue weighted by molar-refractivity contribution is 5.87. The van der Waals surface area contributed by atoms with Crippen LogP contribution in [0.3, 0.4) is 0 Å². The Kier molecular flexibility index (Phi) is 5.26. The highest BCUT2D eigenvalue weighted by Gasteiger charge is 2.55. The SMILES string of the molecule is O=C(N[C@@H](CO)[C@@H](O)c1ccc(F)cn1)[C@H]1CCN(c2ncnc3[nH]ccc23)CC12CC2. The van der Waals surface area contributed by atoms with Gasteiger partial charge < -0.3 is 25.4 Å². The molecule has 1 saturated carbocycles. The summed E-state index contributed by atoms with van der Waals surface area (Å²) in [6.45, 7) is 0.932. The molecule has 168 valence electrons. The van der Waals surface area contributed by atoms with Crippen molar-refractivity contribution in [3.05, 3.63) is 48.4 Å². The predicted octanol–water partition coefficient (Wildman–Crippen LogP) is 1.31. The van der Waals surface area contributed by atoms with E-state index in [4.69, 9.17) is 0 Å². The second-order valence-electron chi connectivity index (χ2n) is 8.71. The van der Waals surface area contributed by atoms with Gasteiger partial charge in [0.05, 0.1) is 29.9 Å². The van der Waals surface area contributed by atoms with Gasteiger partial charge in [-0.15, -0.1) is 0 Å². The molecule has 1 amide bonds. The number of piperidine rings is 1. The normalized spacial score (nSPS) is 21.5. The smallest absolute Gasteiger partial charge is 0.224 e. The zero-order chi connectivity index (χ0) is 22.3. The monoisotopic (exact) mass is 440 g/mol. The molecule has 1 spiro atoms. The van der Waals surface area contributed by atoms with Crippen LogP contribution in [-0.2, 0) is 4.79 Å². The zero-order valence-electron chi connectivity index (χ0n) is 17.4. The fraction of sp³-hybridized carbons (Fsp3) is 0.455. The van der Waals surface area contributed by atoms with Gasteiger partial charge in [0.25, 0.3) is 0 Å². The van der Waals surface area contributed by atoms with Crippen molar-refractivity contribution >= 4 is 22.8 Å². The maximum atomic E-state index is 13.2. The van der Waals surface area contributed by atoms with Gasteiger partial charge >= 0.3 is 0 Å². The van der Waals surface area contributed by atoms with Crippen molar-refractivity contribution in [1.82, 2.24) is 25.3 Å². The van der Waals surface area contributed by atoms with E-state index in [1.807, 2.05) is 12.3 Å². The Morgan fingerprint density at radius 3 is 2.88 bits per heavy atom.